The number of hydrogen-bond donors (Lipinski definition) is 0. The van der Waals surface area contributed by atoms with Crippen LogP contribution in [0.3, 0.4) is 0 Å². The molecule has 0 unspecified atom stereocenters. The molecule has 0 radical (unpaired) electrons. The topological polar surface area (TPSA) is 0 Å². The van der Waals surface area contributed by atoms with Crippen molar-refractivity contribution in [1.82, 2.24) is 0 Å². The maximum absolute atomic E-state index is 12.5. The maximum atomic E-state index is 12.5. The van der Waals surface area contributed by atoms with Crippen molar-refractivity contribution in [2.75, 3.05) is 0 Å². The van der Waals surface area contributed by atoms with Crippen LogP contribution in [0.15, 0.2) is 16.9 Å². The van der Waals surface area contributed by atoms with Gasteiger partial charge >= 0.3 is 12.4 Å². The summed E-state index contributed by atoms with van der Waals surface area (Å²) in [7, 11) is 0. The van der Waals surface area contributed by atoms with E-state index in [1.54, 1.807) is 47.3 Å². The van der Waals surface area contributed by atoms with Crippen LogP contribution in [-0.2, 0) is 0 Å². The molecule has 0 aliphatic heterocycles. The Kier molecular flexibility index (Phi) is 4.66. The predicted octanol–water partition coefficient (Wildman–Crippen LogP) is 5.65. The predicted molar refractivity (Wildman–Crippen MR) is 61.6 cm³/mol. The van der Waals surface area contributed by atoms with Crippen LogP contribution in [0.1, 0.15) is 41.5 Å². The van der Waals surface area contributed by atoms with E-state index in [0.717, 1.165) is 0 Å². The number of rotatable bonds is 0. The normalized spacial score (nSPS) is 14.1. The molecule has 0 bridgehead atoms. The van der Waals surface area contributed by atoms with E-state index in [2.05, 4.69) is 0 Å². The first-order valence-corrected chi connectivity index (χ1v) is 5.63. The van der Waals surface area contributed by atoms with E-state index in [1.807, 2.05) is 0 Å². The molecule has 0 spiro atoms. The molecule has 0 aliphatic carbocycles. The molecule has 6 heteroatoms. The van der Waals surface area contributed by atoms with Crippen molar-refractivity contribution >= 4 is 0 Å². The van der Waals surface area contributed by atoms with Gasteiger partial charge in [0.25, 0.3) is 0 Å². The van der Waals surface area contributed by atoms with Gasteiger partial charge in [-0.2, -0.15) is 26.3 Å². The van der Waals surface area contributed by atoms with Crippen LogP contribution in [0.2, 0.25) is 0 Å². The minimum absolute atomic E-state index is 0.0235. The molecule has 19 heavy (non-hydrogen) atoms. The summed E-state index contributed by atoms with van der Waals surface area (Å²) in [5.74, 6) is 0. The zero-order valence-electron chi connectivity index (χ0n) is 11.8. The molecule has 0 rings (SSSR count). The molecule has 0 nitrogen and oxygen atoms in total. The van der Waals surface area contributed by atoms with Crippen LogP contribution in [0, 0.1) is 10.8 Å². The van der Waals surface area contributed by atoms with Crippen molar-refractivity contribution in [2.45, 2.75) is 53.9 Å². The van der Waals surface area contributed by atoms with Gasteiger partial charge in [0.2, 0.25) is 0 Å². The monoisotopic (exact) mass is 288 g/mol. The summed E-state index contributed by atoms with van der Waals surface area (Å²) in [4.78, 5) is 0. The van der Waals surface area contributed by atoms with Crippen molar-refractivity contribution in [3.8, 4) is 0 Å². The number of allylic oxidation sites excluding steroid dienone is 1. The van der Waals surface area contributed by atoms with Crippen LogP contribution in [-0.4, -0.2) is 12.4 Å². The molecular weight excluding hydrogens is 270 g/mol. The van der Waals surface area contributed by atoms with Crippen molar-refractivity contribution in [2.24, 2.45) is 10.8 Å². The van der Waals surface area contributed by atoms with Gasteiger partial charge in [-0.05, 0) is 16.4 Å². The average Bonchev–Trinajstić information content (AvgIpc) is 1.91. The highest BCUT2D eigenvalue weighted by Gasteiger charge is 2.51. The Morgan fingerprint density at radius 1 is 0.579 bits per heavy atom. The summed E-state index contributed by atoms with van der Waals surface area (Å²) < 4.78 is 75.1. The molecule has 0 fully saturated rings. The van der Waals surface area contributed by atoms with Gasteiger partial charge in [0.1, 0.15) is 0 Å². The molecular formula is C13H18F6. The van der Waals surface area contributed by atoms with Crippen LogP contribution in [0.25, 0.3) is 0 Å². The minimum atomic E-state index is -5.47. The molecule has 112 valence electrons. The highest BCUT2D eigenvalue weighted by atomic mass is 19.4. The number of hydrogen-bond acceptors (Lipinski definition) is 0. The second-order valence-corrected chi connectivity index (χ2v) is 6.37. The largest absolute Gasteiger partial charge is 0.428 e. The van der Waals surface area contributed by atoms with Crippen molar-refractivity contribution in [3.05, 3.63) is 16.9 Å². The molecule has 0 heterocycles. The third-order valence-electron chi connectivity index (χ3n) is 2.32. The lowest BCUT2D eigenvalue weighted by Gasteiger charge is -2.32. The first kappa shape index (κ1) is 18.1. The van der Waals surface area contributed by atoms with E-state index in [9.17, 15) is 26.3 Å². The van der Waals surface area contributed by atoms with E-state index in [1.165, 1.54) is 0 Å². The average molecular weight is 288 g/mol. The molecule has 0 atom stereocenters. The third-order valence-corrected chi connectivity index (χ3v) is 2.32. The van der Waals surface area contributed by atoms with Gasteiger partial charge in [-0.1, -0.05) is 41.5 Å². The standard InChI is InChI=1S/C13H18F6/c1-10(2,3)8(11(4,5)6)7-9(12(14,15)16)13(17,18)19/h1-6H3. The lowest BCUT2D eigenvalue weighted by atomic mass is 9.72. The Labute approximate surface area is 109 Å². The fraction of sp³-hybridized carbons (Fsp3) is 0.769. The zero-order chi connectivity index (χ0) is 15.9. The summed E-state index contributed by atoms with van der Waals surface area (Å²) in [5.41, 5.74) is -2.70. The van der Waals surface area contributed by atoms with Gasteiger partial charge in [-0.3, -0.25) is 0 Å². The van der Waals surface area contributed by atoms with Gasteiger partial charge in [0, 0.05) is 0 Å². The summed E-state index contributed by atoms with van der Waals surface area (Å²) in [6.45, 7) is 9.36. The number of halogens is 6. The quantitative estimate of drug-likeness (QED) is 0.399. The van der Waals surface area contributed by atoms with Crippen molar-refractivity contribution in [3.63, 3.8) is 0 Å². The highest BCUT2D eigenvalue weighted by molar-refractivity contribution is 5.25. The summed E-state index contributed by atoms with van der Waals surface area (Å²) in [5, 5.41) is 0. The van der Waals surface area contributed by atoms with Crippen molar-refractivity contribution in [1.29, 1.82) is 0 Å². The fourth-order valence-corrected chi connectivity index (χ4v) is 1.93. The molecule has 0 aromatic heterocycles. The second-order valence-electron chi connectivity index (χ2n) is 6.37. The molecule has 0 N–H and O–H groups in total. The molecule has 0 aromatic rings. The first-order valence-electron chi connectivity index (χ1n) is 5.63. The Bertz CT molecular complexity index is 321. The van der Waals surface area contributed by atoms with Gasteiger partial charge in [0.05, 0.1) is 0 Å². The summed E-state index contributed by atoms with van der Waals surface area (Å²) in [6.07, 6.45) is -10.9. The van der Waals surface area contributed by atoms with Crippen molar-refractivity contribution < 1.29 is 26.3 Å². The van der Waals surface area contributed by atoms with E-state index in [0.29, 0.717) is 0 Å². The van der Waals surface area contributed by atoms with Gasteiger partial charge in [-0.25, -0.2) is 0 Å². The zero-order valence-corrected chi connectivity index (χ0v) is 11.8. The maximum Gasteiger partial charge on any atom is 0.428 e. The lowest BCUT2D eigenvalue weighted by molar-refractivity contribution is -0.171. The smallest absolute Gasteiger partial charge is 0.165 e. The lowest BCUT2D eigenvalue weighted by Crippen LogP contribution is -2.27. The van der Waals surface area contributed by atoms with E-state index in [4.69, 9.17) is 0 Å². The Morgan fingerprint density at radius 2 is 0.842 bits per heavy atom. The Balaban J connectivity index is 6.49. The van der Waals surface area contributed by atoms with Crippen LogP contribution < -0.4 is 0 Å². The molecule has 0 saturated carbocycles. The number of alkyl halides is 6. The minimum Gasteiger partial charge on any atom is -0.165 e. The van der Waals surface area contributed by atoms with Gasteiger partial charge in [0.15, 0.2) is 5.57 Å². The molecule has 0 aliphatic rings. The first-order chi connectivity index (χ1) is 7.97. The summed E-state index contributed by atoms with van der Waals surface area (Å²) in [6, 6.07) is 0. The van der Waals surface area contributed by atoms with E-state index >= 15 is 0 Å². The third kappa shape index (κ3) is 5.31. The molecule has 0 amide bonds. The molecule has 0 aromatic carbocycles. The molecule has 0 saturated heterocycles. The summed E-state index contributed by atoms with van der Waals surface area (Å²) >= 11 is 0. The van der Waals surface area contributed by atoms with Gasteiger partial charge in [-0.15, -0.1) is 5.73 Å². The highest BCUT2D eigenvalue weighted by Crippen LogP contribution is 2.43. The van der Waals surface area contributed by atoms with E-state index < -0.39 is 28.8 Å². The Hall–Kier alpha value is -0.900. The Morgan fingerprint density at radius 3 is 1.00 bits per heavy atom. The second kappa shape index (κ2) is 4.89. The fourth-order valence-electron chi connectivity index (χ4n) is 1.93. The van der Waals surface area contributed by atoms with Crippen LogP contribution in [0.5, 0.6) is 0 Å². The van der Waals surface area contributed by atoms with E-state index in [-0.39, 0.29) is 5.57 Å². The van der Waals surface area contributed by atoms with Gasteiger partial charge < -0.3 is 0 Å². The van der Waals surface area contributed by atoms with Crippen LogP contribution in [0.4, 0.5) is 26.3 Å². The SMILES string of the molecule is CC(C)(C)C(=C=C(C(F)(F)F)C(F)(F)F)C(C)(C)C. The van der Waals surface area contributed by atoms with Crippen LogP contribution >= 0.6 is 0 Å².